The van der Waals surface area contributed by atoms with Gasteiger partial charge in [-0.25, -0.2) is 0 Å². The molecule has 4 nitrogen and oxygen atoms in total. The fourth-order valence-electron chi connectivity index (χ4n) is 5.11. The van der Waals surface area contributed by atoms with E-state index < -0.39 is 3.79 Å². The maximum Gasteiger partial charge on any atom is 0.198 e. The lowest BCUT2D eigenvalue weighted by molar-refractivity contribution is 0.457. The van der Waals surface area contributed by atoms with Crippen molar-refractivity contribution in [3.63, 3.8) is 0 Å². The van der Waals surface area contributed by atoms with Gasteiger partial charge in [0.15, 0.2) is 3.79 Å². The van der Waals surface area contributed by atoms with Gasteiger partial charge in [0.1, 0.15) is 11.2 Å². The number of alkyl halides is 3. The second-order valence-electron chi connectivity index (χ2n) is 9.41. The summed E-state index contributed by atoms with van der Waals surface area (Å²) in [7, 11) is 3.90. The van der Waals surface area contributed by atoms with E-state index in [0.29, 0.717) is 12.0 Å². The average Bonchev–Trinajstić information content (AvgIpc) is 3.49. The summed E-state index contributed by atoms with van der Waals surface area (Å²) in [5, 5.41) is 8.86. The van der Waals surface area contributed by atoms with Gasteiger partial charge in [-0.1, -0.05) is 46.9 Å². The third kappa shape index (κ3) is 5.84. The molecule has 188 valence electrons. The van der Waals surface area contributed by atoms with Crippen molar-refractivity contribution < 1.29 is 8.83 Å². The molecule has 7 heteroatoms. The molecule has 2 heterocycles. The first-order chi connectivity index (χ1) is 16.7. The second kappa shape index (κ2) is 11.1. The summed E-state index contributed by atoms with van der Waals surface area (Å²) < 4.78 is 9.97. The quantitative estimate of drug-likeness (QED) is 0.202. The van der Waals surface area contributed by atoms with Crippen molar-refractivity contribution in [3.8, 4) is 0 Å². The fourth-order valence-corrected chi connectivity index (χ4v) is 6.05. The van der Waals surface area contributed by atoms with Gasteiger partial charge in [-0.3, -0.25) is 0 Å². The minimum Gasteiger partial charge on any atom is -0.464 e. The third-order valence-corrected chi connectivity index (χ3v) is 7.95. The van der Waals surface area contributed by atoms with Crippen LogP contribution >= 0.6 is 34.8 Å². The van der Waals surface area contributed by atoms with Gasteiger partial charge in [0.2, 0.25) is 0 Å². The minimum atomic E-state index is -1.43. The zero-order valence-electron chi connectivity index (χ0n) is 20.6. The van der Waals surface area contributed by atoms with Gasteiger partial charge in [-0.2, -0.15) is 0 Å². The number of fused-ring (bicyclic) bond motifs is 2. The van der Waals surface area contributed by atoms with Crippen molar-refractivity contribution in [1.29, 1.82) is 0 Å². The van der Waals surface area contributed by atoms with Crippen LogP contribution in [-0.2, 0) is 6.42 Å². The van der Waals surface area contributed by atoms with Gasteiger partial charge in [0, 0.05) is 28.8 Å². The highest BCUT2D eigenvalue weighted by Crippen LogP contribution is 2.45. The predicted octanol–water partition coefficient (Wildman–Crippen LogP) is 7.96. The molecule has 0 aliphatic heterocycles. The van der Waals surface area contributed by atoms with Crippen LogP contribution in [0.2, 0.25) is 0 Å². The molecular weight excluding hydrogens is 503 g/mol. The molecule has 0 bridgehead atoms. The van der Waals surface area contributed by atoms with Crippen molar-refractivity contribution >= 4 is 56.7 Å². The lowest BCUT2D eigenvalue weighted by Crippen LogP contribution is -2.36. The summed E-state index contributed by atoms with van der Waals surface area (Å²) >= 11 is 19.3. The molecule has 4 unspecified atom stereocenters. The van der Waals surface area contributed by atoms with Crippen LogP contribution in [0, 0.1) is 0 Å². The number of hydrogen-bond donors (Lipinski definition) is 2. The van der Waals surface area contributed by atoms with Gasteiger partial charge in [-0.05, 0) is 100 Å². The molecule has 0 fully saturated rings. The monoisotopic (exact) mass is 534 g/mol. The van der Waals surface area contributed by atoms with Crippen LogP contribution in [0.5, 0.6) is 0 Å². The van der Waals surface area contributed by atoms with Gasteiger partial charge in [0.25, 0.3) is 0 Å². The molecule has 35 heavy (non-hydrogen) atoms. The Morgan fingerprint density at radius 1 is 0.829 bits per heavy atom. The molecular formula is C28H33Cl3N2O2. The molecule has 4 rings (SSSR count). The third-order valence-electron chi connectivity index (χ3n) is 7.24. The van der Waals surface area contributed by atoms with Gasteiger partial charge in [0.05, 0.1) is 12.5 Å². The van der Waals surface area contributed by atoms with Crippen LogP contribution in [0.4, 0.5) is 0 Å². The number of nitrogens with one attached hydrogen (secondary N) is 2. The van der Waals surface area contributed by atoms with Crippen LogP contribution in [0.15, 0.2) is 63.8 Å². The zero-order chi connectivity index (χ0) is 25.2. The molecule has 0 saturated heterocycles. The van der Waals surface area contributed by atoms with Gasteiger partial charge < -0.3 is 19.5 Å². The Morgan fingerprint density at radius 3 is 2.23 bits per heavy atom. The second-order valence-corrected chi connectivity index (χ2v) is 11.8. The highest BCUT2D eigenvalue weighted by Gasteiger charge is 2.38. The lowest BCUT2D eigenvalue weighted by atomic mass is 9.86. The highest BCUT2D eigenvalue weighted by atomic mass is 35.6. The first kappa shape index (κ1) is 26.4. The number of likely N-dealkylation sites (N-methyl/N-ethyl adjacent to an activating group) is 2. The molecule has 0 saturated carbocycles. The van der Waals surface area contributed by atoms with Crippen molar-refractivity contribution in [1.82, 2.24) is 10.6 Å². The normalized spacial score (nSPS) is 16.0. The Hall–Kier alpha value is -1.69. The predicted molar refractivity (Wildman–Crippen MR) is 148 cm³/mol. The molecule has 2 aromatic heterocycles. The summed E-state index contributed by atoms with van der Waals surface area (Å²) in [5.41, 5.74) is 5.29. The summed E-state index contributed by atoms with van der Waals surface area (Å²) in [6.45, 7) is 4.27. The van der Waals surface area contributed by atoms with E-state index in [1.807, 2.05) is 33.2 Å². The maximum absolute atomic E-state index is 6.44. The van der Waals surface area contributed by atoms with Crippen LogP contribution in [-0.4, -0.2) is 30.0 Å². The standard InChI is InChI=1S/C28H33Cl3N2O2/c1-17(32-3)24(19-8-9-25-20(14-19)10-12-34-25)7-5-6-21-15-23(16-22-11-13-35-27(21)22)26(18(2)33-4)28(29,30)31/h8-18,24,26,32-33H,5-7H2,1-4H3. The van der Waals surface area contributed by atoms with Crippen molar-refractivity contribution in [2.45, 2.75) is 60.8 Å². The Balaban J connectivity index is 1.59. The summed E-state index contributed by atoms with van der Waals surface area (Å²) in [4.78, 5) is 0. The van der Waals surface area contributed by atoms with Gasteiger partial charge in [-0.15, -0.1) is 0 Å². The molecule has 4 atom stereocenters. The fraction of sp³-hybridized carbons (Fsp3) is 0.429. The molecule has 0 aliphatic carbocycles. The van der Waals surface area contributed by atoms with Gasteiger partial charge >= 0.3 is 0 Å². The van der Waals surface area contributed by atoms with E-state index in [9.17, 15) is 0 Å². The van der Waals surface area contributed by atoms with Crippen LogP contribution in [0.25, 0.3) is 21.9 Å². The van der Waals surface area contributed by atoms with E-state index in [1.165, 1.54) is 5.56 Å². The smallest absolute Gasteiger partial charge is 0.198 e. The van der Waals surface area contributed by atoms with Crippen LogP contribution < -0.4 is 10.6 Å². The van der Waals surface area contributed by atoms with Crippen molar-refractivity contribution in [3.05, 3.63) is 71.7 Å². The van der Waals surface area contributed by atoms with E-state index in [-0.39, 0.29) is 12.0 Å². The molecule has 0 aliphatic rings. The first-order valence-corrected chi connectivity index (χ1v) is 13.2. The van der Waals surface area contributed by atoms with Crippen molar-refractivity contribution in [2.75, 3.05) is 14.1 Å². The Bertz CT molecular complexity index is 1260. The average molecular weight is 536 g/mol. The highest BCUT2D eigenvalue weighted by molar-refractivity contribution is 6.68. The van der Waals surface area contributed by atoms with E-state index in [1.54, 1.807) is 12.5 Å². The summed E-state index contributed by atoms with van der Waals surface area (Å²) in [6.07, 6.45) is 6.37. The molecule has 0 amide bonds. The molecule has 0 radical (unpaired) electrons. The molecule has 0 spiro atoms. The Labute approximate surface area is 222 Å². The minimum absolute atomic E-state index is 0.0154. The van der Waals surface area contributed by atoms with E-state index in [0.717, 1.165) is 52.3 Å². The summed E-state index contributed by atoms with van der Waals surface area (Å²) in [5.74, 6) is 0.0714. The van der Waals surface area contributed by atoms with E-state index >= 15 is 0 Å². The number of hydrogen-bond acceptors (Lipinski definition) is 4. The zero-order valence-corrected chi connectivity index (χ0v) is 22.8. The SMILES string of the molecule is CNC(C)C(CCCc1cc(C(C(C)NC)C(Cl)(Cl)Cl)cc2ccoc12)c1ccc2occc2c1. The molecule has 2 aromatic carbocycles. The lowest BCUT2D eigenvalue weighted by Gasteiger charge is -2.30. The number of benzene rings is 2. The number of rotatable bonds is 10. The molecule has 4 aromatic rings. The van der Waals surface area contributed by atoms with Crippen molar-refractivity contribution in [2.24, 2.45) is 0 Å². The number of aryl methyl sites for hydroxylation is 1. The number of furan rings is 2. The number of halogens is 3. The topological polar surface area (TPSA) is 50.3 Å². The summed E-state index contributed by atoms with van der Waals surface area (Å²) in [6, 6.07) is 15.0. The maximum atomic E-state index is 6.44. The molecule has 2 N–H and O–H groups in total. The van der Waals surface area contributed by atoms with E-state index in [4.69, 9.17) is 43.6 Å². The van der Waals surface area contributed by atoms with E-state index in [2.05, 4.69) is 47.9 Å². The van der Waals surface area contributed by atoms with Crippen LogP contribution in [0.3, 0.4) is 0 Å². The Kier molecular flexibility index (Phi) is 8.40. The Morgan fingerprint density at radius 2 is 1.51 bits per heavy atom. The van der Waals surface area contributed by atoms with Crippen LogP contribution in [0.1, 0.15) is 55.2 Å². The largest absolute Gasteiger partial charge is 0.464 e. The first-order valence-electron chi connectivity index (χ1n) is 12.1.